The molecular weight excluding hydrogens is 228 g/mol. The monoisotopic (exact) mass is 248 g/mol. The topological polar surface area (TPSA) is 79.2 Å². The third kappa shape index (κ3) is 3.80. The van der Waals surface area contributed by atoms with Gasteiger partial charge in [0, 0.05) is 13.0 Å². The van der Waals surface area contributed by atoms with Crippen LogP contribution in [0.4, 0.5) is 0 Å². The molecule has 0 aromatic heterocycles. The molecule has 2 atom stereocenters. The van der Waals surface area contributed by atoms with E-state index in [-0.39, 0.29) is 18.1 Å². The summed E-state index contributed by atoms with van der Waals surface area (Å²) in [6, 6.07) is 10.1. The van der Waals surface area contributed by atoms with Crippen molar-refractivity contribution in [2.75, 3.05) is 6.54 Å². The Labute approximate surface area is 107 Å². The SMILES string of the molecule is NC1CC(C(=O)NCCCc2ccccc2)NN1. The molecule has 1 heterocycles. The fourth-order valence-corrected chi connectivity index (χ4v) is 2.02. The van der Waals surface area contributed by atoms with Crippen LogP contribution >= 0.6 is 0 Å². The van der Waals surface area contributed by atoms with Crippen LogP contribution in [0.1, 0.15) is 18.4 Å². The van der Waals surface area contributed by atoms with Crippen LogP contribution in [0.3, 0.4) is 0 Å². The highest BCUT2D eigenvalue weighted by Gasteiger charge is 2.26. The predicted octanol–water partition coefficient (Wildman–Crippen LogP) is -0.113. The largest absolute Gasteiger partial charge is 0.355 e. The summed E-state index contributed by atoms with van der Waals surface area (Å²) in [4.78, 5) is 11.7. The fraction of sp³-hybridized carbons (Fsp3) is 0.462. The van der Waals surface area contributed by atoms with Gasteiger partial charge in [0.25, 0.3) is 0 Å². The van der Waals surface area contributed by atoms with Crippen LogP contribution in [0.15, 0.2) is 30.3 Å². The van der Waals surface area contributed by atoms with Gasteiger partial charge in [-0.05, 0) is 18.4 Å². The van der Waals surface area contributed by atoms with Gasteiger partial charge >= 0.3 is 0 Å². The Morgan fingerprint density at radius 3 is 2.78 bits per heavy atom. The first-order valence-electron chi connectivity index (χ1n) is 6.34. The molecule has 5 heteroatoms. The summed E-state index contributed by atoms with van der Waals surface area (Å²) >= 11 is 0. The third-order valence-corrected chi connectivity index (χ3v) is 3.03. The Morgan fingerprint density at radius 2 is 2.11 bits per heavy atom. The van der Waals surface area contributed by atoms with E-state index in [0.717, 1.165) is 12.8 Å². The minimum absolute atomic E-state index is 0.0171. The molecule has 0 spiro atoms. The van der Waals surface area contributed by atoms with Crippen molar-refractivity contribution in [3.63, 3.8) is 0 Å². The van der Waals surface area contributed by atoms with Crippen molar-refractivity contribution >= 4 is 5.91 Å². The highest BCUT2D eigenvalue weighted by Crippen LogP contribution is 2.02. The second kappa shape index (κ2) is 6.49. The molecule has 1 aromatic rings. The lowest BCUT2D eigenvalue weighted by Crippen LogP contribution is -2.44. The molecule has 0 bridgehead atoms. The number of nitrogens with two attached hydrogens (primary N) is 1. The number of amides is 1. The van der Waals surface area contributed by atoms with Crippen molar-refractivity contribution in [2.45, 2.75) is 31.5 Å². The zero-order valence-corrected chi connectivity index (χ0v) is 10.4. The van der Waals surface area contributed by atoms with Crippen LogP contribution in [0.25, 0.3) is 0 Å². The van der Waals surface area contributed by atoms with E-state index in [4.69, 9.17) is 5.73 Å². The molecule has 1 fully saturated rings. The van der Waals surface area contributed by atoms with E-state index in [0.29, 0.717) is 13.0 Å². The van der Waals surface area contributed by atoms with E-state index in [1.165, 1.54) is 5.56 Å². The van der Waals surface area contributed by atoms with Gasteiger partial charge in [0.05, 0.1) is 6.17 Å². The number of hydrogen-bond acceptors (Lipinski definition) is 4. The molecule has 1 aromatic carbocycles. The minimum Gasteiger partial charge on any atom is -0.355 e. The van der Waals surface area contributed by atoms with Crippen molar-refractivity contribution in [1.29, 1.82) is 0 Å². The maximum absolute atomic E-state index is 11.7. The van der Waals surface area contributed by atoms with E-state index < -0.39 is 0 Å². The summed E-state index contributed by atoms with van der Waals surface area (Å²) in [6.07, 6.45) is 2.42. The van der Waals surface area contributed by atoms with E-state index in [1.807, 2.05) is 18.2 Å². The number of hydrogen-bond donors (Lipinski definition) is 4. The smallest absolute Gasteiger partial charge is 0.238 e. The van der Waals surface area contributed by atoms with Crippen molar-refractivity contribution in [2.24, 2.45) is 5.73 Å². The zero-order chi connectivity index (χ0) is 12.8. The minimum atomic E-state index is -0.211. The lowest BCUT2D eigenvalue weighted by molar-refractivity contribution is -0.122. The lowest BCUT2D eigenvalue weighted by atomic mass is 10.1. The van der Waals surface area contributed by atoms with Gasteiger partial charge in [-0.25, -0.2) is 10.9 Å². The van der Waals surface area contributed by atoms with Crippen molar-refractivity contribution < 1.29 is 4.79 Å². The van der Waals surface area contributed by atoms with Gasteiger partial charge in [-0.2, -0.15) is 0 Å². The molecule has 1 aliphatic rings. The highest BCUT2D eigenvalue weighted by atomic mass is 16.2. The molecule has 18 heavy (non-hydrogen) atoms. The lowest BCUT2D eigenvalue weighted by Gasteiger charge is -2.10. The Morgan fingerprint density at radius 1 is 1.33 bits per heavy atom. The Kier molecular flexibility index (Phi) is 4.69. The Hall–Kier alpha value is -1.43. The van der Waals surface area contributed by atoms with Gasteiger partial charge in [0.1, 0.15) is 6.04 Å². The van der Waals surface area contributed by atoms with Gasteiger partial charge in [-0.3, -0.25) is 4.79 Å². The molecule has 0 aliphatic carbocycles. The summed E-state index contributed by atoms with van der Waals surface area (Å²) < 4.78 is 0. The molecule has 1 amide bonds. The molecule has 2 rings (SSSR count). The molecule has 0 saturated carbocycles. The van der Waals surface area contributed by atoms with Crippen LogP contribution in [0, 0.1) is 0 Å². The van der Waals surface area contributed by atoms with Crippen molar-refractivity contribution in [3.8, 4) is 0 Å². The molecule has 1 saturated heterocycles. The zero-order valence-electron chi connectivity index (χ0n) is 10.4. The number of carbonyl (C=O) groups is 1. The molecule has 5 N–H and O–H groups in total. The van der Waals surface area contributed by atoms with Crippen LogP contribution in [-0.4, -0.2) is 24.7 Å². The number of aryl methyl sites for hydroxylation is 1. The number of nitrogens with one attached hydrogen (secondary N) is 3. The van der Waals surface area contributed by atoms with Crippen molar-refractivity contribution in [3.05, 3.63) is 35.9 Å². The maximum atomic E-state index is 11.7. The summed E-state index contributed by atoms with van der Waals surface area (Å²) in [5.74, 6) is 0.0171. The number of carbonyl (C=O) groups excluding carboxylic acids is 1. The first kappa shape index (κ1) is 13.0. The quantitative estimate of drug-likeness (QED) is 0.548. The molecule has 5 nitrogen and oxygen atoms in total. The van der Waals surface area contributed by atoms with E-state index in [1.54, 1.807) is 0 Å². The summed E-state index contributed by atoms with van der Waals surface area (Å²) in [7, 11) is 0. The van der Waals surface area contributed by atoms with Crippen LogP contribution in [-0.2, 0) is 11.2 Å². The number of hydrazine groups is 1. The Bertz CT molecular complexity index is 382. The number of benzene rings is 1. The first-order valence-corrected chi connectivity index (χ1v) is 6.34. The van der Waals surface area contributed by atoms with Gasteiger partial charge < -0.3 is 11.1 Å². The maximum Gasteiger partial charge on any atom is 0.238 e. The van der Waals surface area contributed by atoms with Crippen LogP contribution in [0.5, 0.6) is 0 Å². The average molecular weight is 248 g/mol. The molecule has 2 unspecified atom stereocenters. The number of rotatable bonds is 5. The first-order chi connectivity index (χ1) is 8.75. The average Bonchev–Trinajstić information content (AvgIpc) is 2.82. The third-order valence-electron chi connectivity index (χ3n) is 3.03. The van der Waals surface area contributed by atoms with Gasteiger partial charge in [-0.1, -0.05) is 30.3 Å². The van der Waals surface area contributed by atoms with Gasteiger partial charge in [-0.15, -0.1) is 0 Å². The molecular formula is C13H20N4O. The predicted molar refractivity (Wildman–Crippen MR) is 70.4 cm³/mol. The van der Waals surface area contributed by atoms with Gasteiger partial charge in [0.2, 0.25) is 5.91 Å². The molecule has 1 aliphatic heterocycles. The highest BCUT2D eigenvalue weighted by molar-refractivity contribution is 5.81. The van der Waals surface area contributed by atoms with E-state index in [2.05, 4.69) is 28.3 Å². The van der Waals surface area contributed by atoms with E-state index in [9.17, 15) is 4.79 Å². The Balaban J connectivity index is 1.62. The second-order valence-electron chi connectivity index (χ2n) is 4.56. The fourth-order valence-electron chi connectivity index (χ4n) is 2.02. The summed E-state index contributed by atoms with van der Waals surface area (Å²) in [5, 5.41) is 2.92. The summed E-state index contributed by atoms with van der Waals surface area (Å²) in [6.45, 7) is 0.696. The second-order valence-corrected chi connectivity index (χ2v) is 4.56. The van der Waals surface area contributed by atoms with Crippen LogP contribution in [0.2, 0.25) is 0 Å². The summed E-state index contributed by atoms with van der Waals surface area (Å²) in [5.41, 5.74) is 12.7. The molecule has 98 valence electrons. The van der Waals surface area contributed by atoms with Crippen LogP contribution < -0.4 is 21.9 Å². The van der Waals surface area contributed by atoms with Gasteiger partial charge in [0.15, 0.2) is 0 Å². The standard InChI is InChI=1S/C13H20N4O/c14-12-9-11(16-17-12)13(18)15-8-4-7-10-5-2-1-3-6-10/h1-3,5-6,11-12,16-17H,4,7-9,14H2,(H,15,18). The van der Waals surface area contributed by atoms with Crippen molar-refractivity contribution in [1.82, 2.24) is 16.2 Å². The molecule has 0 radical (unpaired) electrons. The normalized spacial score (nSPS) is 22.9. The van der Waals surface area contributed by atoms with E-state index >= 15 is 0 Å².